The molecule has 6 heteroatoms. The molecule has 1 fully saturated rings. The van der Waals surface area contributed by atoms with Crippen LogP contribution in [-0.4, -0.2) is 38.2 Å². The second-order valence-electron chi connectivity index (χ2n) is 4.41. The Morgan fingerprint density at radius 3 is 2.47 bits per heavy atom. The molecule has 0 bridgehead atoms. The average molecular weight is 261 g/mol. The van der Waals surface area contributed by atoms with Gasteiger partial charge in [-0.15, -0.1) is 0 Å². The monoisotopic (exact) mass is 261 g/mol. The van der Waals surface area contributed by atoms with E-state index in [1.807, 2.05) is 0 Å². The third-order valence-electron chi connectivity index (χ3n) is 2.99. The zero-order valence-corrected chi connectivity index (χ0v) is 10.8. The number of carboxylic acids is 1. The number of hydrogen-bond donors (Lipinski definition) is 2. The van der Waals surface area contributed by atoms with Crippen LogP contribution < -0.4 is 5.32 Å². The predicted molar refractivity (Wildman–Crippen MR) is 65.1 cm³/mol. The van der Waals surface area contributed by atoms with Gasteiger partial charge in [0.2, 0.25) is 5.91 Å². The Balaban J connectivity index is 2.33. The number of hydrogen-bond acceptors (Lipinski definition) is 3. The fourth-order valence-electron chi connectivity index (χ4n) is 1.88. The summed E-state index contributed by atoms with van der Waals surface area (Å²) in [6.07, 6.45) is 5.35. The van der Waals surface area contributed by atoms with Crippen molar-refractivity contribution in [3.8, 4) is 0 Å². The highest BCUT2D eigenvalue weighted by atomic mass is 32.2. The van der Waals surface area contributed by atoms with Crippen molar-refractivity contribution < 1.29 is 18.9 Å². The van der Waals surface area contributed by atoms with Gasteiger partial charge in [0, 0.05) is 16.8 Å². The Bertz CT molecular complexity index is 313. The van der Waals surface area contributed by atoms with Crippen LogP contribution in [0.15, 0.2) is 0 Å². The standard InChI is InChI=1S/C11H19NO4S/c1-8(11(14)15)17(16)7-10(13)12-9-5-3-2-4-6-9/h8-9H,2-7H2,1H3,(H,12,13)(H,14,15). The van der Waals surface area contributed by atoms with Gasteiger partial charge in [-0.25, -0.2) is 0 Å². The highest BCUT2D eigenvalue weighted by molar-refractivity contribution is 7.87. The first-order valence-corrected chi connectivity index (χ1v) is 7.28. The smallest absolute Gasteiger partial charge is 0.318 e. The first-order valence-electron chi connectivity index (χ1n) is 5.90. The minimum Gasteiger partial charge on any atom is -0.480 e. The van der Waals surface area contributed by atoms with Crippen molar-refractivity contribution in [1.82, 2.24) is 5.32 Å². The summed E-state index contributed by atoms with van der Waals surface area (Å²) in [7, 11) is -1.64. The summed E-state index contributed by atoms with van der Waals surface area (Å²) in [6.45, 7) is 1.35. The number of carbonyl (C=O) groups excluding carboxylic acids is 1. The largest absolute Gasteiger partial charge is 0.480 e. The van der Waals surface area contributed by atoms with Crippen LogP contribution in [0.2, 0.25) is 0 Å². The van der Waals surface area contributed by atoms with Crippen LogP contribution in [-0.2, 0) is 20.4 Å². The highest BCUT2D eigenvalue weighted by Crippen LogP contribution is 2.17. The number of amides is 1. The second-order valence-corrected chi connectivity index (χ2v) is 6.17. The van der Waals surface area contributed by atoms with Gasteiger partial charge in [-0.2, -0.15) is 0 Å². The maximum Gasteiger partial charge on any atom is 0.318 e. The summed E-state index contributed by atoms with van der Waals surface area (Å²) in [5.41, 5.74) is 0. The highest BCUT2D eigenvalue weighted by Gasteiger charge is 2.23. The minimum atomic E-state index is -1.64. The molecule has 5 nitrogen and oxygen atoms in total. The molecule has 0 heterocycles. The normalized spacial score (nSPS) is 20.5. The van der Waals surface area contributed by atoms with Crippen molar-refractivity contribution in [2.45, 2.75) is 50.3 Å². The van der Waals surface area contributed by atoms with Crippen LogP contribution in [0.5, 0.6) is 0 Å². The lowest BCUT2D eigenvalue weighted by atomic mass is 9.95. The van der Waals surface area contributed by atoms with E-state index in [9.17, 15) is 13.8 Å². The molecule has 0 saturated heterocycles. The molecule has 0 radical (unpaired) electrons. The van der Waals surface area contributed by atoms with Crippen LogP contribution in [0.1, 0.15) is 39.0 Å². The molecule has 0 aliphatic heterocycles. The molecule has 1 aliphatic carbocycles. The van der Waals surface area contributed by atoms with E-state index in [0.717, 1.165) is 25.7 Å². The molecule has 0 aromatic rings. The van der Waals surface area contributed by atoms with Gasteiger partial charge in [0.1, 0.15) is 11.0 Å². The molecular formula is C11H19NO4S. The number of carboxylic acid groups (broad SMARTS) is 1. The molecule has 17 heavy (non-hydrogen) atoms. The van der Waals surface area contributed by atoms with E-state index < -0.39 is 22.0 Å². The summed E-state index contributed by atoms with van der Waals surface area (Å²) in [5.74, 6) is -1.65. The lowest BCUT2D eigenvalue weighted by Gasteiger charge is -2.22. The molecule has 0 aromatic heterocycles. The Labute approximate surface area is 103 Å². The van der Waals surface area contributed by atoms with Gasteiger partial charge >= 0.3 is 5.97 Å². The first-order chi connectivity index (χ1) is 8.00. The van der Waals surface area contributed by atoms with E-state index >= 15 is 0 Å². The van der Waals surface area contributed by atoms with Gasteiger partial charge in [0.25, 0.3) is 0 Å². The fourth-order valence-corrected chi connectivity index (χ4v) is 2.70. The average Bonchev–Trinajstić information content (AvgIpc) is 2.28. The lowest BCUT2D eigenvalue weighted by Crippen LogP contribution is -2.40. The molecule has 98 valence electrons. The van der Waals surface area contributed by atoms with Gasteiger partial charge in [-0.3, -0.25) is 13.8 Å². The summed E-state index contributed by atoms with van der Waals surface area (Å²) in [5, 5.41) is 10.5. The van der Waals surface area contributed by atoms with E-state index in [-0.39, 0.29) is 17.7 Å². The summed E-state index contributed by atoms with van der Waals surface area (Å²) in [6, 6.07) is 0.174. The Morgan fingerprint density at radius 2 is 1.94 bits per heavy atom. The molecule has 1 rings (SSSR count). The zero-order valence-electron chi connectivity index (χ0n) is 9.98. The summed E-state index contributed by atoms with van der Waals surface area (Å²) < 4.78 is 11.5. The Morgan fingerprint density at radius 1 is 1.35 bits per heavy atom. The fraction of sp³-hybridized carbons (Fsp3) is 0.818. The van der Waals surface area contributed by atoms with Crippen LogP contribution in [0.4, 0.5) is 0 Å². The Hall–Kier alpha value is -0.910. The third kappa shape index (κ3) is 4.85. The summed E-state index contributed by atoms with van der Waals surface area (Å²) >= 11 is 0. The van der Waals surface area contributed by atoms with Crippen molar-refractivity contribution in [2.24, 2.45) is 0 Å². The summed E-state index contributed by atoms with van der Waals surface area (Å²) in [4.78, 5) is 22.1. The van der Waals surface area contributed by atoms with Crippen LogP contribution >= 0.6 is 0 Å². The van der Waals surface area contributed by atoms with E-state index in [1.165, 1.54) is 13.3 Å². The molecule has 1 aliphatic rings. The molecular weight excluding hydrogens is 242 g/mol. The minimum absolute atomic E-state index is 0.174. The van der Waals surface area contributed by atoms with Crippen molar-refractivity contribution in [1.29, 1.82) is 0 Å². The zero-order chi connectivity index (χ0) is 12.8. The van der Waals surface area contributed by atoms with Crippen molar-refractivity contribution in [2.75, 3.05) is 5.75 Å². The Kier molecular flexibility index (Phi) is 5.61. The van der Waals surface area contributed by atoms with Gasteiger partial charge < -0.3 is 10.4 Å². The van der Waals surface area contributed by atoms with Crippen molar-refractivity contribution in [3.63, 3.8) is 0 Å². The molecule has 0 aromatic carbocycles. The predicted octanol–water partition coefficient (Wildman–Crippen LogP) is 0.657. The quantitative estimate of drug-likeness (QED) is 0.761. The van der Waals surface area contributed by atoms with E-state index in [4.69, 9.17) is 5.11 Å². The van der Waals surface area contributed by atoms with Gasteiger partial charge in [-0.1, -0.05) is 19.3 Å². The molecule has 1 saturated carbocycles. The van der Waals surface area contributed by atoms with Crippen molar-refractivity contribution in [3.05, 3.63) is 0 Å². The second kappa shape index (κ2) is 6.74. The van der Waals surface area contributed by atoms with Gasteiger partial charge in [0.05, 0.1) is 0 Å². The first kappa shape index (κ1) is 14.2. The topological polar surface area (TPSA) is 83.5 Å². The maximum absolute atomic E-state index is 11.6. The van der Waals surface area contributed by atoms with E-state index in [2.05, 4.69) is 5.32 Å². The molecule has 2 unspecified atom stereocenters. The van der Waals surface area contributed by atoms with Crippen LogP contribution in [0.25, 0.3) is 0 Å². The number of nitrogens with one attached hydrogen (secondary N) is 1. The molecule has 1 amide bonds. The number of rotatable bonds is 5. The van der Waals surface area contributed by atoms with E-state index in [0.29, 0.717) is 0 Å². The van der Waals surface area contributed by atoms with Crippen LogP contribution in [0.3, 0.4) is 0 Å². The maximum atomic E-state index is 11.6. The van der Waals surface area contributed by atoms with E-state index in [1.54, 1.807) is 0 Å². The lowest BCUT2D eigenvalue weighted by molar-refractivity contribution is -0.136. The van der Waals surface area contributed by atoms with Crippen LogP contribution in [0, 0.1) is 0 Å². The van der Waals surface area contributed by atoms with Gasteiger partial charge in [-0.05, 0) is 19.8 Å². The molecule has 0 spiro atoms. The van der Waals surface area contributed by atoms with Crippen molar-refractivity contribution >= 4 is 22.7 Å². The van der Waals surface area contributed by atoms with Gasteiger partial charge in [0.15, 0.2) is 0 Å². The SMILES string of the molecule is CC(C(=O)O)S(=O)CC(=O)NC1CCCCC1. The third-order valence-corrected chi connectivity index (χ3v) is 4.52. The number of carbonyl (C=O) groups is 2. The molecule has 2 N–H and O–H groups in total. The molecule has 2 atom stereocenters. The number of aliphatic carboxylic acids is 1.